The molecule has 112 valence electrons. The normalized spacial score (nSPS) is 10.7. The van der Waals surface area contributed by atoms with Gasteiger partial charge in [-0.2, -0.15) is 0 Å². The van der Waals surface area contributed by atoms with E-state index in [9.17, 15) is 4.39 Å². The van der Waals surface area contributed by atoms with Crippen LogP contribution in [-0.2, 0) is 13.1 Å². The first-order valence-electron chi connectivity index (χ1n) is 7.05. The molecule has 2 aromatic rings. The highest BCUT2D eigenvalue weighted by Gasteiger charge is 2.08. The standard InChI is InChI=1S/C17H20ClFN2/c1-3-20-11-13-7-8-17(16(18)10-13)21(2)12-14-5-4-6-15(19)9-14/h4-10,20H,3,11-12H2,1-2H3. The molecule has 0 spiro atoms. The molecule has 2 aromatic carbocycles. The van der Waals surface area contributed by atoms with Crippen molar-refractivity contribution in [2.24, 2.45) is 0 Å². The fraction of sp³-hybridized carbons (Fsp3) is 0.294. The summed E-state index contributed by atoms with van der Waals surface area (Å²) in [5.41, 5.74) is 3.02. The van der Waals surface area contributed by atoms with E-state index in [1.807, 2.05) is 30.1 Å². The van der Waals surface area contributed by atoms with Crippen molar-refractivity contribution in [1.29, 1.82) is 0 Å². The van der Waals surface area contributed by atoms with Crippen molar-refractivity contribution in [3.8, 4) is 0 Å². The topological polar surface area (TPSA) is 15.3 Å². The molecule has 0 aliphatic rings. The van der Waals surface area contributed by atoms with Crippen molar-refractivity contribution >= 4 is 17.3 Å². The average molecular weight is 307 g/mol. The molecular weight excluding hydrogens is 287 g/mol. The number of hydrogen-bond donors (Lipinski definition) is 1. The first-order chi connectivity index (χ1) is 10.1. The van der Waals surface area contributed by atoms with Gasteiger partial charge in [0.05, 0.1) is 10.7 Å². The number of nitrogens with one attached hydrogen (secondary N) is 1. The Morgan fingerprint density at radius 2 is 1.95 bits per heavy atom. The number of anilines is 1. The molecule has 21 heavy (non-hydrogen) atoms. The van der Waals surface area contributed by atoms with E-state index in [4.69, 9.17) is 11.6 Å². The van der Waals surface area contributed by atoms with Gasteiger partial charge in [0, 0.05) is 20.1 Å². The molecule has 0 aromatic heterocycles. The van der Waals surface area contributed by atoms with Crippen LogP contribution in [0.5, 0.6) is 0 Å². The SMILES string of the molecule is CCNCc1ccc(N(C)Cc2cccc(F)c2)c(Cl)c1. The maximum atomic E-state index is 13.2. The Kier molecular flexibility index (Phi) is 5.59. The van der Waals surface area contributed by atoms with E-state index in [0.717, 1.165) is 29.9 Å². The molecule has 0 amide bonds. The van der Waals surface area contributed by atoms with E-state index < -0.39 is 0 Å². The Morgan fingerprint density at radius 3 is 2.62 bits per heavy atom. The van der Waals surface area contributed by atoms with Crippen molar-refractivity contribution in [1.82, 2.24) is 5.32 Å². The van der Waals surface area contributed by atoms with Crippen LogP contribution in [0.3, 0.4) is 0 Å². The summed E-state index contributed by atoms with van der Waals surface area (Å²) in [5, 5.41) is 3.98. The molecule has 0 heterocycles. The van der Waals surface area contributed by atoms with Crippen LogP contribution >= 0.6 is 11.6 Å². The summed E-state index contributed by atoms with van der Waals surface area (Å²) in [6.07, 6.45) is 0. The lowest BCUT2D eigenvalue weighted by atomic mass is 10.1. The van der Waals surface area contributed by atoms with Gasteiger partial charge in [-0.1, -0.05) is 36.7 Å². The van der Waals surface area contributed by atoms with Crippen molar-refractivity contribution in [3.05, 3.63) is 64.4 Å². The Labute approximate surface area is 130 Å². The maximum absolute atomic E-state index is 13.2. The molecule has 0 aliphatic heterocycles. The molecule has 0 radical (unpaired) electrons. The minimum atomic E-state index is -0.215. The molecule has 0 saturated heterocycles. The minimum absolute atomic E-state index is 0.215. The summed E-state index contributed by atoms with van der Waals surface area (Å²) in [6.45, 7) is 4.43. The van der Waals surface area contributed by atoms with Crippen LogP contribution in [0.25, 0.3) is 0 Å². The second-order valence-electron chi connectivity index (χ2n) is 5.05. The van der Waals surface area contributed by atoms with E-state index in [2.05, 4.69) is 18.3 Å². The van der Waals surface area contributed by atoms with Crippen molar-refractivity contribution < 1.29 is 4.39 Å². The molecule has 2 rings (SSSR count). The van der Waals surface area contributed by atoms with Gasteiger partial charge in [-0.05, 0) is 41.9 Å². The fourth-order valence-corrected chi connectivity index (χ4v) is 2.58. The molecule has 0 fully saturated rings. The van der Waals surface area contributed by atoms with Crippen LogP contribution in [-0.4, -0.2) is 13.6 Å². The predicted octanol–water partition coefficient (Wildman–Crippen LogP) is 4.23. The quantitative estimate of drug-likeness (QED) is 0.859. The van der Waals surface area contributed by atoms with Crippen molar-refractivity contribution in [2.45, 2.75) is 20.0 Å². The number of nitrogens with zero attached hydrogens (tertiary/aromatic N) is 1. The van der Waals surface area contributed by atoms with E-state index in [0.29, 0.717) is 11.6 Å². The smallest absolute Gasteiger partial charge is 0.123 e. The Balaban J connectivity index is 2.10. The van der Waals surface area contributed by atoms with Crippen molar-refractivity contribution in [2.75, 3.05) is 18.5 Å². The highest BCUT2D eigenvalue weighted by molar-refractivity contribution is 6.33. The zero-order valence-corrected chi connectivity index (χ0v) is 13.1. The first kappa shape index (κ1) is 15.8. The zero-order valence-electron chi connectivity index (χ0n) is 12.4. The monoisotopic (exact) mass is 306 g/mol. The third kappa shape index (κ3) is 4.45. The molecule has 1 N–H and O–H groups in total. The summed E-state index contributed by atoms with van der Waals surface area (Å²) in [7, 11) is 1.95. The Morgan fingerprint density at radius 1 is 1.14 bits per heavy atom. The predicted molar refractivity (Wildman–Crippen MR) is 87.3 cm³/mol. The first-order valence-corrected chi connectivity index (χ1v) is 7.42. The third-order valence-corrected chi connectivity index (χ3v) is 3.61. The molecule has 0 unspecified atom stereocenters. The average Bonchev–Trinajstić information content (AvgIpc) is 2.45. The lowest BCUT2D eigenvalue weighted by molar-refractivity contribution is 0.625. The number of rotatable bonds is 6. The summed E-state index contributed by atoms with van der Waals surface area (Å²) in [4.78, 5) is 2.02. The van der Waals surface area contributed by atoms with Crippen LogP contribution < -0.4 is 10.2 Å². The van der Waals surface area contributed by atoms with Crippen molar-refractivity contribution in [3.63, 3.8) is 0 Å². The summed E-state index contributed by atoms with van der Waals surface area (Å²) in [5.74, 6) is -0.215. The third-order valence-electron chi connectivity index (χ3n) is 3.31. The van der Waals surface area contributed by atoms with E-state index in [-0.39, 0.29) is 5.82 Å². The van der Waals surface area contributed by atoms with Crippen LogP contribution in [0.1, 0.15) is 18.1 Å². The van der Waals surface area contributed by atoms with Crippen LogP contribution in [0.15, 0.2) is 42.5 Å². The largest absolute Gasteiger partial charge is 0.369 e. The second kappa shape index (κ2) is 7.43. The van der Waals surface area contributed by atoms with Crippen LogP contribution in [0.2, 0.25) is 5.02 Å². The van der Waals surface area contributed by atoms with E-state index in [1.54, 1.807) is 12.1 Å². The van der Waals surface area contributed by atoms with Gasteiger partial charge in [-0.25, -0.2) is 4.39 Å². The minimum Gasteiger partial charge on any atom is -0.369 e. The molecule has 0 bridgehead atoms. The van der Waals surface area contributed by atoms with E-state index >= 15 is 0 Å². The maximum Gasteiger partial charge on any atom is 0.123 e. The highest BCUT2D eigenvalue weighted by Crippen LogP contribution is 2.27. The number of halogens is 2. The second-order valence-corrected chi connectivity index (χ2v) is 5.46. The molecule has 4 heteroatoms. The van der Waals surface area contributed by atoms with Gasteiger partial charge < -0.3 is 10.2 Å². The van der Waals surface area contributed by atoms with Gasteiger partial charge in [-0.3, -0.25) is 0 Å². The molecule has 0 saturated carbocycles. The lowest BCUT2D eigenvalue weighted by Crippen LogP contribution is -2.17. The summed E-state index contributed by atoms with van der Waals surface area (Å²) >= 11 is 6.36. The van der Waals surface area contributed by atoms with Gasteiger partial charge >= 0.3 is 0 Å². The van der Waals surface area contributed by atoms with E-state index in [1.165, 1.54) is 6.07 Å². The summed E-state index contributed by atoms with van der Waals surface area (Å²) < 4.78 is 13.2. The van der Waals surface area contributed by atoms with Gasteiger partial charge in [-0.15, -0.1) is 0 Å². The number of benzene rings is 2. The summed E-state index contributed by atoms with van der Waals surface area (Å²) in [6, 6.07) is 12.7. The fourth-order valence-electron chi connectivity index (χ4n) is 2.23. The Hall–Kier alpha value is -1.58. The highest BCUT2D eigenvalue weighted by atomic mass is 35.5. The molecule has 2 nitrogen and oxygen atoms in total. The van der Waals surface area contributed by atoms with Gasteiger partial charge in [0.1, 0.15) is 5.82 Å². The van der Waals surface area contributed by atoms with Gasteiger partial charge in [0.2, 0.25) is 0 Å². The van der Waals surface area contributed by atoms with Gasteiger partial charge in [0.25, 0.3) is 0 Å². The van der Waals surface area contributed by atoms with Crippen LogP contribution in [0.4, 0.5) is 10.1 Å². The zero-order chi connectivity index (χ0) is 15.2. The number of hydrogen-bond acceptors (Lipinski definition) is 2. The molecular formula is C17H20ClFN2. The van der Waals surface area contributed by atoms with Crippen LogP contribution in [0, 0.1) is 5.82 Å². The molecule has 0 atom stereocenters. The Bertz CT molecular complexity index is 601. The lowest BCUT2D eigenvalue weighted by Gasteiger charge is -2.21. The van der Waals surface area contributed by atoms with Gasteiger partial charge in [0.15, 0.2) is 0 Å². The molecule has 0 aliphatic carbocycles.